The summed E-state index contributed by atoms with van der Waals surface area (Å²) in [6.07, 6.45) is 1.06. The maximum absolute atomic E-state index is 12.3. The Balaban J connectivity index is 1.48. The molecular weight excluding hydrogens is 332 g/mol. The molecular formula is C19H22N4OS. The Morgan fingerprint density at radius 2 is 1.88 bits per heavy atom. The summed E-state index contributed by atoms with van der Waals surface area (Å²) in [6, 6.07) is 14.3. The molecule has 5 nitrogen and oxygen atoms in total. The van der Waals surface area contributed by atoms with Gasteiger partial charge in [0.15, 0.2) is 0 Å². The number of benzene rings is 1. The smallest absolute Gasteiger partial charge is 0.239 e. The first-order valence-electron chi connectivity index (χ1n) is 8.50. The summed E-state index contributed by atoms with van der Waals surface area (Å²) in [4.78, 5) is 16.9. The number of nitriles is 1. The highest BCUT2D eigenvalue weighted by atomic mass is 32.1. The monoisotopic (exact) mass is 354 g/mol. The van der Waals surface area contributed by atoms with Gasteiger partial charge in [0.2, 0.25) is 5.91 Å². The highest BCUT2D eigenvalue weighted by molar-refractivity contribution is 7.14. The molecule has 0 spiro atoms. The summed E-state index contributed by atoms with van der Waals surface area (Å²) < 4.78 is 0. The lowest BCUT2D eigenvalue weighted by atomic mass is 10.2. The Morgan fingerprint density at radius 1 is 1.12 bits per heavy atom. The van der Waals surface area contributed by atoms with Crippen molar-refractivity contribution in [3.05, 3.63) is 52.9 Å². The van der Waals surface area contributed by atoms with Crippen LogP contribution in [0.15, 0.2) is 41.8 Å². The van der Waals surface area contributed by atoms with Crippen LogP contribution in [0.3, 0.4) is 0 Å². The van der Waals surface area contributed by atoms with Gasteiger partial charge < -0.3 is 5.32 Å². The molecule has 2 aromatic rings. The molecule has 3 rings (SSSR count). The van der Waals surface area contributed by atoms with Gasteiger partial charge in [0.1, 0.15) is 11.1 Å². The second kappa shape index (κ2) is 8.77. The van der Waals surface area contributed by atoms with E-state index in [4.69, 9.17) is 5.26 Å². The second-order valence-electron chi connectivity index (χ2n) is 6.21. The second-order valence-corrected chi connectivity index (χ2v) is 7.13. The van der Waals surface area contributed by atoms with Gasteiger partial charge in [-0.2, -0.15) is 5.26 Å². The number of amides is 1. The largest absolute Gasteiger partial charge is 0.315 e. The molecule has 6 heteroatoms. The fourth-order valence-corrected chi connectivity index (χ4v) is 3.80. The summed E-state index contributed by atoms with van der Waals surface area (Å²) in [5.41, 5.74) is 1.86. The van der Waals surface area contributed by atoms with Gasteiger partial charge in [-0.25, -0.2) is 0 Å². The number of nitrogens with zero attached hydrogens (tertiary/aromatic N) is 3. The molecule has 0 atom stereocenters. The van der Waals surface area contributed by atoms with E-state index in [2.05, 4.69) is 45.5 Å². The predicted octanol–water partition coefficient (Wildman–Crippen LogP) is 2.77. The lowest BCUT2D eigenvalue weighted by Crippen LogP contribution is -2.36. The van der Waals surface area contributed by atoms with Gasteiger partial charge in [-0.3, -0.25) is 14.6 Å². The molecule has 1 amide bonds. The van der Waals surface area contributed by atoms with Gasteiger partial charge in [0.05, 0.1) is 12.1 Å². The number of anilines is 1. The summed E-state index contributed by atoms with van der Waals surface area (Å²) in [5.74, 6) is -0.0459. The third kappa shape index (κ3) is 5.13. The van der Waals surface area contributed by atoms with Crippen molar-refractivity contribution in [3.63, 3.8) is 0 Å². The van der Waals surface area contributed by atoms with E-state index in [1.165, 1.54) is 16.9 Å². The van der Waals surface area contributed by atoms with Crippen LogP contribution in [-0.4, -0.2) is 48.4 Å². The summed E-state index contributed by atoms with van der Waals surface area (Å²) in [7, 11) is 0. The molecule has 130 valence electrons. The lowest BCUT2D eigenvalue weighted by molar-refractivity contribution is -0.117. The molecule has 1 aliphatic heterocycles. The zero-order chi connectivity index (χ0) is 17.5. The van der Waals surface area contributed by atoms with Crippen LogP contribution in [0, 0.1) is 11.3 Å². The Bertz CT molecular complexity index is 737. The maximum Gasteiger partial charge on any atom is 0.239 e. The van der Waals surface area contributed by atoms with Crippen LogP contribution in [0.1, 0.15) is 17.5 Å². The first-order chi connectivity index (χ1) is 12.2. The van der Waals surface area contributed by atoms with E-state index in [-0.39, 0.29) is 5.91 Å². The number of hydrogen-bond acceptors (Lipinski definition) is 5. The minimum absolute atomic E-state index is 0.0459. The zero-order valence-corrected chi connectivity index (χ0v) is 15.0. The van der Waals surface area contributed by atoms with Crippen LogP contribution >= 0.6 is 11.3 Å². The van der Waals surface area contributed by atoms with E-state index in [0.29, 0.717) is 17.1 Å². The third-order valence-corrected chi connectivity index (χ3v) is 5.17. The lowest BCUT2D eigenvalue weighted by Gasteiger charge is -2.21. The summed E-state index contributed by atoms with van der Waals surface area (Å²) in [6.45, 7) is 5.16. The van der Waals surface area contributed by atoms with Crippen molar-refractivity contribution in [2.45, 2.75) is 13.0 Å². The van der Waals surface area contributed by atoms with E-state index in [1.54, 1.807) is 6.07 Å². The van der Waals surface area contributed by atoms with E-state index < -0.39 is 0 Å². The number of nitrogens with one attached hydrogen (secondary N) is 1. The fourth-order valence-electron chi connectivity index (χ4n) is 3.05. The molecule has 1 aromatic heterocycles. The average molecular weight is 354 g/mol. The van der Waals surface area contributed by atoms with Crippen molar-refractivity contribution in [3.8, 4) is 6.07 Å². The Kier molecular flexibility index (Phi) is 6.18. The molecule has 25 heavy (non-hydrogen) atoms. The minimum Gasteiger partial charge on any atom is -0.315 e. The minimum atomic E-state index is -0.0459. The number of hydrogen-bond donors (Lipinski definition) is 1. The topological polar surface area (TPSA) is 59.4 Å². The van der Waals surface area contributed by atoms with Crippen LogP contribution in [0.5, 0.6) is 0 Å². The van der Waals surface area contributed by atoms with Crippen molar-refractivity contribution in [1.82, 2.24) is 9.80 Å². The van der Waals surface area contributed by atoms with E-state index in [9.17, 15) is 4.79 Å². The SMILES string of the molecule is N#Cc1ccsc1NC(=O)CN1CCCN(Cc2ccccc2)CC1. The van der Waals surface area contributed by atoms with Crippen molar-refractivity contribution in [2.75, 3.05) is 38.0 Å². The molecule has 1 aromatic carbocycles. The van der Waals surface area contributed by atoms with Crippen molar-refractivity contribution >= 4 is 22.2 Å². The maximum atomic E-state index is 12.3. The van der Waals surface area contributed by atoms with Gasteiger partial charge in [-0.15, -0.1) is 11.3 Å². The summed E-state index contributed by atoms with van der Waals surface area (Å²) >= 11 is 1.39. The van der Waals surface area contributed by atoms with Gasteiger partial charge >= 0.3 is 0 Å². The molecule has 1 saturated heterocycles. The standard InChI is InChI=1S/C19H22N4OS/c20-13-17-7-12-25-19(17)21-18(24)15-23-9-4-8-22(10-11-23)14-16-5-2-1-3-6-16/h1-3,5-7,12H,4,8-11,14-15H2,(H,21,24). The van der Waals surface area contributed by atoms with Crippen LogP contribution in [0.25, 0.3) is 0 Å². The molecule has 0 radical (unpaired) electrons. The highest BCUT2D eigenvalue weighted by Gasteiger charge is 2.18. The fraction of sp³-hybridized carbons (Fsp3) is 0.368. The molecule has 0 bridgehead atoms. The normalized spacial score (nSPS) is 16.1. The van der Waals surface area contributed by atoms with Crippen molar-refractivity contribution < 1.29 is 4.79 Å². The molecule has 1 aliphatic rings. The van der Waals surface area contributed by atoms with Crippen LogP contribution in [0.2, 0.25) is 0 Å². The van der Waals surface area contributed by atoms with E-state index >= 15 is 0 Å². The molecule has 1 fully saturated rings. The number of thiophene rings is 1. The first kappa shape index (κ1) is 17.6. The molecule has 0 saturated carbocycles. The molecule has 2 heterocycles. The molecule has 1 N–H and O–H groups in total. The number of rotatable bonds is 5. The summed E-state index contributed by atoms with van der Waals surface area (Å²) in [5, 5.41) is 14.3. The Labute approximate surface area is 152 Å². The number of carbonyl (C=O) groups is 1. The van der Waals surface area contributed by atoms with Crippen LogP contribution in [0.4, 0.5) is 5.00 Å². The average Bonchev–Trinajstić information content (AvgIpc) is 2.95. The van der Waals surface area contributed by atoms with Gasteiger partial charge in [0.25, 0.3) is 0 Å². The molecule has 0 unspecified atom stereocenters. The predicted molar refractivity (Wildman–Crippen MR) is 100 cm³/mol. The third-order valence-electron chi connectivity index (χ3n) is 4.34. The van der Waals surface area contributed by atoms with Crippen LogP contribution in [-0.2, 0) is 11.3 Å². The zero-order valence-electron chi connectivity index (χ0n) is 14.1. The van der Waals surface area contributed by atoms with E-state index in [0.717, 1.165) is 39.1 Å². The van der Waals surface area contributed by atoms with Gasteiger partial charge in [-0.05, 0) is 36.5 Å². The van der Waals surface area contributed by atoms with Crippen LogP contribution < -0.4 is 5.32 Å². The Morgan fingerprint density at radius 3 is 2.68 bits per heavy atom. The van der Waals surface area contributed by atoms with Crippen molar-refractivity contribution in [2.24, 2.45) is 0 Å². The van der Waals surface area contributed by atoms with E-state index in [1.807, 2.05) is 11.4 Å². The highest BCUT2D eigenvalue weighted by Crippen LogP contribution is 2.22. The first-order valence-corrected chi connectivity index (χ1v) is 9.38. The molecule has 0 aliphatic carbocycles. The van der Waals surface area contributed by atoms with Gasteiger partial charge in [0, 0.05) is 19.6 Å². The quantitative estimate of drug-likeness (QED) is 0.897. The number of carbonyl (C=O) groups excluding carboxylic acids is 1. The van der Waals surface area contributed by atoms with Gasteiger partial charge in [-0.1, -0.05) is 30.3 Å². The Hall–Kier alpha value is -2.20. The van der Waals surface area contributed by atoms with Crippen molar-refractivity contribution in [1.29, 1.82) is 5.26 Å².